The third-order valence-electron chi connectivity index (χ3n) is 5.74. The molecule has 2 aromatic carbocycles. The number of ether oxygens (including phenoxy) is 2. The Hall–Kier alpha value is -3.68. The minimum absolute atomic E-state index is 0.272. The van der Waals surface area contributed by atoms with Crippen LogP contribution >= 0.6 is 0 Å². The van der Waals surface area contributed by atoms with Crippen molar-refractivity contribution >= 4 is 11.6 Å². The molecule has 0 aliphatic carbocycles. The predicted octanol–water partition coefficient (Wildman–Crippen LogP) is 3.61. The summed E-state index contributed by atoms with van der Waals surface area (Å²) in [7, 11) is 5.11. The molecule has 33 heavy (non-hydrogen) atoms. The van der Waals surface area contributed by atoms with Gasteiger partial charge in [0.15, 0.2) is 5.96 Å². The van der Waals surface area contributed by atoms with Crippen LogP contribution in [0.4, 0.5) is 5.69 Å². The van der Waals surface area contributed by atoms with Crippen molar-refractivity contribution in [2.24, 2.45) is 4.99 Å². The number of aromatic nitrogens is 1. The molecule has 0 amide bonds. The van der Waals surface area contributed by atoms with Gasteiger partial charge < -0.3 is 29.4 Å². The first-order chi connectivity index (χ1) is 16.1. The maximum atomic E-state index is 5.65. The van der Waals surface area contributed by atoms with Gasteiger partial charge in [0.05, 0.1) is 26.5 Å². The molecule has 174 valence electrons. The molecule has 0 saturated carbocycles. The Bertz CT molecular complexity index is 1070. The van der Waals surface area contributed by atoms with Crippen LogP contribution in [0.15, 0.2) is 58.1 Å². The Morgan fingerprint density at radius 2 is 1.88 bits per heavy atom. The Balaban J connectivity index is 1.32. The number of nitrogens with one attached hydrogen (secondary N) is 2. The lowest BCUT2D eigenvalue weighted by Gasteiger charge is -2.21. The molecule has 1 fully saturated rings. The number of hydrogen-bond donors (Lipinski definition) is 2. The first-order valence-corrected chi connectivity index (χ1v) is 11.0. The van der Waals surface area contributed by atoms with E-state index in [2.05, 4.69) is 44.6 Å². The fraction of sp³-hybridized carbons (Fsp3) is 0.360. The maximum Gasteiger partial charge on any atom is 0.226 e. The Morgan fingerprint density at radius 1 is 1.15 bits per heavy atom. The third kappa shape index (κ3) is 5.58. The van der Waals surface area contributed by atoms with Gasteiger partial charge in [0.1, 0.15) is 17.8 Å². The van der Waals surface area contributed by atoms with E-state index in [9.17, 15) is 0 Å². The van der Waals surface area contributed by atoms with Crippen LogP contribution in [0.5, 0.6) is 11.5 Å². The summed E-state index contributed by atoms with van der Waals surface area (Å²) in [6.45, 7) is 4.38. The number of hydrogen-bond acceptors (Lipinski definition) is 6. The molecular weight excluding hydrogens is 418 g/mol. The predicted molar refractivity (Wildman–Crippen MR) is 130 cm³/mol. The second-order valence-electron chi connectivity index (χ2n) is 8.08. The lowest BCUT2D eigenvalue weighted by molar-refractivity contribution is 0.394. The highest BCUT2D eigenvalue weighted by atomic mass is 16.5. The third-order valence-corrected chi connectivity index (χ3v) is 5.74. The van der Waals surface area contributed by atoms with Crippen molar-refractivity contribution in [3.05, 3.63) is 60.0 Å². The van der Waals surface area contributed by atoms with Crippen molar-refractivity contribution in [2.45, 2.75) is 25.9 Å². The molecule has 1 atom stereocenters. The first kappa shape index (κ1) is 22.5. The fourth-order valence-electron chi connectivity index (χ4n) is 3.87. The van der Waals surface area contributed by atoms with Gasteiger partial charge in [0, 0.05) is 55.6 Å². The molecule has 1 aliphatic rings. The van der Waals surface area contributed by atoms with Crippen molar-refractivity contribution < 1.29 is 13.9 Å². The molecule has 1 aliphatic heterocycles. The number of aryl methyl sites for hydroxylation is 1. The van der Waals surface area contributed by atoms with Gasteiger partial charge in [0.25, 0.3) is 0 Å². The zero-order valence-electron chi connectivity index (χ0n) is 19.6. The molecule has 1 unspecified atom stereocenters. The van der Waals surface area contributed by atoms with Gasteiger partial charge in [-0.15, -0.1) is 0 Å². The molecule has 8 nitrogen and oxygen atoms in total. The molecule has 1 aromatic heterocycles. The highest BCUT2D eigenvalue weighted by Gasteiger charge is 2.24. The number of oxazole rings is 1. The molecule has 0 radical (unpaired) electrons. The SMILES string of the molecule is CN=C(NCc1coc(-c2ccc(C)cc2)n1)NC1CCN(c2cc(OC)cc(OC)c2)C1. The van der Waals surface area contributed by atoms with E-state index in [1.807, 2.05) is 30.3 Å². The summed E-state index contributed by atoms with van der Waals surface area (Å²) >= 11 is 0. The normalized spacial score (nSPS) is 16.1. The zero-order valence-corrected chi connectivity index (χ0v) is 19.6. The van der Waals surface area contributed by atoms with E-state index in [1.165, 1.54) is 5.56 Å². The van der Waals surface area contributed by atoms with E-state index in [0.29, 0.717) is 12.4 Å². The Morgan fingerprint density at radius 3 is 2.55 bits per heavy atom. The van der Waals surface area contributed by atoms with Crippen LogP contribution in [0, 0.1) is 6.92 Å². The lowest BCUT2D eigenvalue weighted by Crippen LogP contribution is -2.44. The second-order valence-corrected chi connectivity index (χ2v) is 8.08. The van der Waals surface area contributed by atoms with Crippen LogP contribution in [0.25, 0.3) is 11.5 Å². The van der Waals surface area contributed by atoms with Crippen LogP contribution in [-0.2, 0) is 6.54 Å². The van der Waals surface area contributed by atoms with Gasteiger partial charge >= 0.3 is 0 Å². The molecular formula is C25H31N5O3. The molecule has 1 saturated heterocycles. The number of anilines is 1. The Kier molecular flexibility index (Phi) is 7.02. The topological polar surface area (TPSA) is 84.2 Å². The molecule has 0 spiro atoms. The minimum Gasteiger partial charge on any atom is -0.497 e. The van der Waals surface area contributed by atoms with E-state index in [0.717, 1.165) is 53.9 Å². The average molecular weight is 450 g/mol. The summed E-state index contributed by atoms with van der Waals surface area (Å²) in [5.74, 6) is 2.94. The smallest absolute Gasteiger partial charge is 0.226 e. The largest absolute Gasteiger partial charge is 0.497 e. The standard InChI is InChI=1S/C25H31N5O3/c1-17-5-7-18(8-6-17)24-28-20(16-33-24)14-27-25(26-2)29-19-9-10-30(15-19)21-11-22(31-3)13-23(12-21)32-4/h5-8,11-13,16,19H,9-10,14-15H2,1-4H3,(H2,26,27,29). The molecule has 3 aromatic rings. The number of benzene rings is 2. The van der Waals surface area contributed by atoms with Crippen molar-refractivity contribution in [1.82, 2.24) is 15.6 Å². The first-order valence-electron chi connectivity index (χ1n) is 11.0. The van der Waals surface area contributed by atoms with Gasteiger partial charge in [-0.3, -0.25) is 4.99 Å². The Labute approximate surface area is 194 Å². The number of rotatable bonds is 7. The molecule has 8 heteroatoms. The maximum absolute atomic E-state index is 5.65. The van der Waals surface area contributed by atoms with E-state index in [1.54, 1.807) is 27.5 Å². The highest BCUT2D eigenvalue weighted by molar-refractivity contribution is 5.80. The van der Waals surface area contributed by atoms with E-state index >= 15 is 0 Å². The number of aliphatic imine (C=N–C) groups is 1. The van der Waals surface area contributed by atoms with E-state index in [-0.39, 0.29) is 6.04 Å². The molecule has 4 rings (SSSR count). The monoisotopic (exact) mass is 449 g/mol. The van der Waals surface area contributed by atoms with Gasteiger partial charge in [-0.2, -0.15) is 0 Å². The highest BCUT2D eigenvalue weighted by Crippen LogP contribution is 2.30. The van der Waals surface area contributed by atoms with Crippen molar-refractivity contribution in [3.63, 3.8) is 0 Å². The summed E-state index contributed by atoms with van der Waals surface area (Å²) in [6, 6.07) is 14.4. The van der Waals surface area contributed by atoms with Crippen molar-refractivity contribution in [1.29, 1.82) is 0 Å². The van der Waals surface area contributed by atoms with Crippen molar-refractivity contribution in [3.8, 4) is 23.0 Å². The van der Waals surface area contributed by atoms with Gasteiger partial charge in [-0.1, -0.05) is 17.7 Å². The van der Waals surface area contributed by atoms with Gasteiger partial charge in [-0.05, 0) is 25.5 Å². The zero-order chi connectivity index (χ0) is 23.2. The second kappa shape index (κ2) is 10.3. The van der Waals surface area contributed by atoms with Crippen LogP contribution in [0.2, 0.25) is 0 Å². The molecule has 2 N–H and O–H groups in total. The van der Waals surface area contributed by atoms with Gasteiger partial charge in [-0.25, -0.2) is 4.98 Å². The molecule has 2 heterocycles. The summed E-state index contributed by atoms with van der Waals surface area (Å²) in [4.78, 5) is 11.3. The minimum atomic E-state index is 0.272. The number of guanidine groups is 1. The molecule has 0 bridgehead atoms. The van der Waals surface area contributed by atoms with Gasteiger partial charge in [0.2, 0.25) is 5.89 Å². The van der Waals surface area contributed by atoms with Crippen LogP contribution in [0.3, 0.4) is 0 Å². The van der Waals surface area contributed by atoms with Crippen LogP contribution in [0.1, 0.15) is 17.7 Å². The summed E-state index contributed by atoms with van der Waals surface area (Å²) in [5, 5.41) is 6.85. The van der Waals surface area contributed by atoms with Crippen molar-refractivity contribution in [2.75, 3.05) is 39.3 Å². The number of nitrogens with zero attached hydrogens (tertiary/aromatic N) is 3. The fourth-order valence-corrected chi connectivity index (χ4v) is 3.87. The summed E-state index contributed by atoms with van der Waals surface area (Å²) < 4.78 is 16.5. The number of methoxy groups -OCH3 is 2. The average Bonchev–Trinajstić information content (AvgIpc) is 3.51. The quantitative estimate of drug-likeness (QED) is 0.421. The summed E-state index contributed by atoms with van der Waals surface area (Å²) in [5.41, 5.74) is 4.09. The summed E-state index contributed by atoms with van der Waals surface area (Å²) in [6.07, 6.45) is 2.69. The van der Waals surface area contributed by atoms with E-state index in [4.69, 9.17) is 13.9 Å². The lowest BCUT2D eigenvalue weighted by atomic mass is 10.1. The van der Waals surface area contributed by atoms with E-state index < -0.39 is 0 Å². The van der Waals surface area contributed by atoms with Crippen LogP contribution in [-0.4, -0.2) is 51.3 Å². The van der Waals surface area contributed by atoms with Crippen LogP contribution < -0.4 is 25.0 Å².